The van der Waals surface area contributed by atoms with E-state index in [9.17, 15) is 4.79 Å². The normalized spacial score (nSPS) is 11.6. The minimum absolute atomic E-state index is 0.170. The van der Waals surface area contributed by atoms with Crippen LogP contribution in [0, 0.1) is 0 Å². The molecular formula is C18H26N4O2. The fourth-order valence-corrected chi connectivity index (χ4v) is 2.40. The molecule has 0 saturated carbocycles. The van der Waals surface area contributed by atoms with E-state index in [-0.39, 0.29) is 11.4 Å². The average molecular weight is 330 g/mol. The van der Waals surface area contributed by atoms with Crippen molar-refractivity contribution in [2.45, 2.75) is 52.6 Å². The first-order chi connectivity index (χ1) is 11.2. The number of rotatable bonds is 5. The van der Waals surface area contributed by atoms with Gasteiger partial charge in [-0.1, -0.05) is 13.8 Å². The van der Waals surface area contributed by atoms with Crippen molar-refractivity contribution in [2.24, 2.45) is 0 Å². The van der Waals surface area contributed by atoms with E-state index in [0.29, 0.717) is 24.0 Å². The van der Waals surface area contributed by atoms with Gasteiger partial charge in [0.15, 0.2) is 0 Å². The summed E-state index contributed by atoms with van der Waals surface area (Å²) in [6.07, 6.45) is 1.66. The number of carbonyl (C=O) groups excluding carboxylic acids is 1. The molecule has 1 N–H and O–H groups in total. The van der Waals surface area contributed by atoms with Crippen LogP contribution in [0.15, 0.2) is 24.4 Å². The van der Waals surface area contributed by atoms with Crippen LogP contribution in [0.25, 0.3) is 0 Å². The summed E-state index contributed by atoms with van der Waals surface area (Å²) in [7, 11) is 1.57. The van der Waals surface area contributed by atoms with Gasteiger partial charge < -0.3 is 10.1 Å². The van der Waals surface area contributed by atoms with Crippen LogP contribution in [0.5, 0.6) is 5.88 Å². The first kappa shape index (κ1) is 18.0. The molecule has 0 bridgehead atoms. The Bertz CT molecular complexity index is 714. The molecule has 2 rings (SSSR count). The minimum atomic E-state index is -0.185. The molecule has 0 aliphatic rings. The Labute approximate surface area is 143 Å². The fourth-order valence-electron chi connectivity index (χ4n) is 2.40. The molecule has 0 unspecified atom stereocenters. The van der Waals surface area contributed by atoms with E-state index in [1.54, 1.807) is 19.4 Å². The van der Waals surface area contributed by atoms with Gasteiger partial charge in [0, 0.05) is 24.5 Å². The molecule has 2 heterocycles. The third-order valence-corrected chi connectivity index (χ3v) is 3.66. The van der Waals surface area contributed by atoms with Gasteiger partial charge >= 0.3 is 0 Å². The highest BCUT2D eigenvalue weighted by molar-refractivity contribution is 5.92. The van der Waals surface area contributed by atoms with Crippen LogP contribution in [-0.4, -0.2) is 27.8 Å². The molecule has 0 aromatic carbocycles. The Balaban J connectivity index is 2.15. The number of hydrogen-bond acceptors (Lipinski definition) is 4. The highest BCUT2D eigenvalue weighted by Crippen LogP contribution is 2.23. The monoisotopic (exact) mass is 330 g/mol. The Hall–Kier alpha value is -2.37. The molecule has 6 heteroatoms. The second-order valence-electron chi connectivity index (χ2n) is 7.08. The van der Waals surface area contributed by atoms with Crippen LogP contribution in [0.4, 0.5) is 0 Å². The lowest BCUT2D eigenvalue weighted by Gasteiger charge is -2.23. The lowest BCUT2D eigenvalue weighted by molar-refractivity contribution is 0.0944. The van der Waals surface area contributed by atoms with Gasteiger partial charge in [0.2, 0.25) is 5.88 Å². The van der Waals surface area contributed by atoms with E-state index in [2.05, 4.69) is 50.0 Å². The summed E-state index contributed by atoms with van der Waals surface area (Å²) in [6, 6.07) is 5.52. The Morgan fingerprint density at radius 2 is 2.04 bits per heavy atom. The zero-order valence-corrected chi connectivity index (χ0v) is 15.3. The number of carbonyl (C=O) groups is 1. The number of amides is 1. The maximum Gasteiger partial charge on any atom is 0.272 e. The van der Waals surface area contributed by atoms with Gasteiger partial charge in [0.05, 0.1) is 12.6 Å². The van der Waals surface area contributed by atoms with Gasteiger partial charge in [-0.3, -0.25) is 9.48 Å². The quantitative estimate of drug-likeness (QED) is 0.914. The van der Waals surface area contributed by atoms with E-state index in [1.165, 1.54) is 0 Å². The minimum Gasteiger partial charge on any atom is -0.481 e. The van der Waals surface area contributed by atoms with Gasteiger partial charge in [-0.2, -0.15) is 5.10 Å². The standard InChI is InChI=1S/C18H26N4O2/c1-12(2)15-10-14(21-22(15)18(3,4)5)17(23)20-11-13-7-8-19-16(9-13)24-6/h7-10,12H,11H2,1-6H3,(H,20,23). The summed E-state index contributed by atoms with van der Waals surface area (Å²) in [5.41, 5.74) is 2.25. The van der Waals surface area contributed by atoms with E-state index in [0.717, 1.165) is 11.3 Å². The van der Waals surface area contributed by atoms with Gasteiger partial charge in [-0.15, -0.1) is 0 Å². The van der Waals surface area contributed by atoms with Gasteiger partial charge in [-0.05, 0) is 44.4 Å². The topological polar surface area (TPSA) is 69.0 Å². The summed E-state index contributed by atoms with van der Waals surface area (Å²) >= 11 is 0. The van der Waals surface area contributed by atoms with Crippen LogP contribution in [0.2, 0.25) is 0 Å². The molecule has 0 radical (unpaired) electrons. The predicted molar refractivity (Wildman–Crippen MR) is 93.3 cm³/mol. The molecule has 0 saturated heterocycles. The largest absolute Gasteiger partial charge is 0.481 e. The third-order valence-electron chi connectivity index (χ3n) is 3.66. The van der Waals surface area contributed by atoms with Crippen molar-refractivity contribution < 1.29 is 9.53 Å². The summed E-state index contributed by atoms with van der Waals surface area (Å²) in [4.78, 5) is 16.5. The maximum absolute atomic E-state index is 12.5. The smallest absolute Gasteiger partial charge is 0.272 e. The SMILES string of the molecule is COc1cc(CNC(=O)c2cc(C(C)C)n(C(C)(C)C)n2)ccn1. The second-order valence-corrected chi connectivity index (χ2v) is 7.08. The van der Waals surface area contributed by atoms with Crippen LogP contribution >= 0.6 is 0 Å². The summed E-state index contributed by atoms with van der Waals surface area (Å²) in [5.74, 6) is 0.638. The molecule has 0 aliphatic heterocycles. The lowest BCUT2D eigenvalue weighted by Crippen LogP contribution is -2.27. The molecular weight excluding hydrogens is 304 g/mol. The lowest BCUT2D eigenvalue weighted by atomic mass is 10.1. The molecule has 0 spiro atoms. The predicted octanol–water partition coefficient (Wildman–Crippen LogP) is 3.10. The van der Waals surface area contributed by atoms with Crippen LogP contribution in [0.1, 0.15) is 62.3 Å². The maximum atomic E-state index is 12.5. The molecule has 6 nitrogen and oxygen atoms in total. The number of aromatic nitrogens is 3. The zero-order valence-electron chi connectivity index (χ0n) is 15.3. The highest BCUT2D eigenvalue weighted by Gasteiger charge is 2.23. The molecule has 2 aromatic heterocycles. The number of pyridine rings is 1. The van der Waals surface area contributed by atoms with Crippen molar-refractivity contribution in [2.75, 3.05) is 7.11 Å². The second kappa shape index (κ2) is 7.03. The van der Waals surface area contributed by atoms with Crippen molar-refractivity contribution in [3.05, 3.63) is 41.3 Å². The average Bonchev–Trinajstić information content (AvgIpc) is 2.98. The Morgan fingerprint density at radius 1 is 1.33 bits per heavy atom. The van der Waals surface area contributed by atoms with E-state index in [4.69, 9.17) is 4.74 Å². The van der Waals surface area contributed by atoms with Crippen molar-refractivity contribution in [3.8, 4) is 5.88 Å². The van der Waals surface area contributed by atoms with Crippen molar-refractivity contribution >= 4 is 5.91 Å². The zero-order chi connectivity index (χ0) is 17.9. The van der Waals surface area contributed by atoms with Gasteiger partial charge in [-0.25, -0.2) is 4.98 Å². The fraction of sp³-hybridized carbons (Fsp3) is 0.500. The molecule has 2 aromatic rings. The Morgan fingerprint density at radius 3 is 2.58 bits per heavy atom. The molecule has 0 fully saturated rings. The molecule has 1 amide bonds. The van der Waals surface area contributed by atoms with E-state index >= 15 is 0 Å². The van der Waals surface area contributed by atoms with Crippen molar-refractivity contribution in [1.82, 2.24) is 20.1 Å². The number of nitrogens with one attached hydrogen (secondary N) is 1. The summed E-state index contributed by atoms with van der Waals surface area (Å²) in [5, 5.41) is 7.42. The first-order valence-corrected chi connectivity index (χ1v) is 8.10. The molecule has 24 heavy (non-hydrogen) atoms. The third kappa shape index (κ3) is 4.13. The number of ether oxygens (including phenoxy) is 1. The van der Waals surface area contributed by atoms with Crippen molar-refractivity contribution in [3.63, 3.8) is 0 Å². The molecule has 130 valence electrons. The highest BCUT2D eigenvalue weighted by atomic mass is 16.5. The van der Waals surface area contributed by atoms with Crippen LogP contribution in [-0.2, 0) is 12.1 Å². The van der Waals surface area contributed by atoms with Crippen LogP contribution in [0.3, 0.4) is 0 Å². The van der Waals surface area contributed by atoms with E-state index < -0.39 is 0 Å². The van der Waals surface area contributed by atoms with Gasteiger partial charge in [0.25, 0.3) is 5.91 Å². The summed E-state index contributed by atoms with van der Waals surface area (Å²) in [6.45, 7) is 10.8. The molecule has 0 atom stereocenters. The number of nitrogens with zero attached hydrogens (tertiary/aromatic N) is 3. The molecule has 0 aliphatic carbocycles. The van der Waals surface area contributed by atoms with E-state index in [1.807, 2.05) is 16.8 Å². The Kier molecular flexibility index (Phi) is 5.26. The van der Waals surface area contributed by atoms with Crippen molar-refractivity contribution in [1.29, 1.82) is 0 Å². The summed E-state index contributed by atoms with van der Waals surface area (Å²) < 4.78 is 7.02. The van der Waals surface area contributed by atoms with Gasteiger partial charge in [0.1, 0.15) is 5.69 Å². The van der Waals surface area contributed by atoms with Crippen LogP contribution < -0.4 is 10.1 Å². The number of hydrogen-bond donors (Lipinski definition) is 1. The number of methoxy groups -OCH3 is 1. The first-order valence-electron chi connectivity index (χ1n) is 8.10.